The molecular formula is C15H23N3O4. The van der Waals surface area contributed by atoms with Gasteiger partial charge < -0.3 is 14.7 Å². The topological polar surface area (TPSA) is 84.7 Å². The van der Waals surface area contributed by atoms with Crippen molar-refractivity contribution in [2.24, 2.45) is 0 Å². The van der Waals surface area contributed by atoms with Crippen LogP contribution in [0.2, 0.25) is 0 Å². The molecule has 0 aromatic carbocycles. The van der Waals surface area contributed by atoms with E-state index in [1.165, 1.54) is 4.90 Å². The lowest BCUT2D eigenvalue weighted by Crippen LogP contribution is -2.48. The molecule has 22 heavy (non-hydrogen) atoms. The maximum atomic E-state index is 12.5. The maximum absolute atomic E-state index is 12.5. The number of hydrogen-bond acceptors (Lipinski definition) is 4. The number of aryl methyl sites for hydroxylation is 1. The first-order valence-electron chi connectivity index (χ1n) is 7.67. The van der Waals surface area contributed by atoms with Crippen molar-refractivity contribution in [3.63, 3.8) is 0 Å². The van der Waals surface area contributed by atoms with E-state index in [2.05, 4.69) is 18.9 Å². The van der Waals surface area contributed by atoms with Crippen LogP contribution in [0, 0.1) is 6.92 Å². The van der Waals surface area contributed by atoms with Gasteiger partial charge in [0, 0.05) is 12.2 Å². The lowest BCUT2D eigenvalue weighted by Gasteiger charge is -2.30. The predicted molar refractivity (Wildman–Crippen MR) is 79.9 cm³/mol. The van der Waals surface area contributed by atoms with Crippen LogP contribution in [0.1, 0.15) is 48.9 Å². The maximum Gasteiger partial charge on any atom is 0.334 e. The van der Waals surface area contributed by atoms with Crippen LogP contribution >= 0.6 is 0 Å². The number of aromatic nitrogens is 2. The van der Waals surface area contributed by atoms with Crippen molar-refractivity contribution in [1.82, 2.24) is 14.7 Å². The third-order valence-corrected chi connectivity index (χ3v) is 4.06. The SMILES string of the molecule is CCC(CC)n1nc(C(=O)N2CCOC(C(=O)O)C2)cc1C. The van der Waals surface area contributed by atoms with Crippen molar-refractivity contribution < 1.29 is 19.4 Å². The highest BCUT2D eigenvalue weighted by atomic mass is 16.5. The molecule has 1 aromatic rings. The molecular weight excluding hydrogens is 286 g/mol. The quantitative estimate of drug-likeness (QED) is 0.890. The van der Waals surface area contributed by atoms with E-state index < -0.39 is 12.1 Å². The lowest BCUT2D eigenvalue weighted by atomic mass is 10.2. The van der Waals surface area contributed by atoms with Crippen LogP contribution in [-0.2, 0) is 9.53 Å². The smallest absolute Gasteiger partial charge is 0.334 e. The molecule has 1 saturated heterocycles. The molecule has 1 atom stereocenters. The van der Waals surface area contributed by atoms with E-state index in [9.17, 15) is 9.59 Å². The van der Waals surface area contributed by atoms with E-state index in [1.54, 1.807) is 6.07 Å². The van der Waals surface area contributed by atoms with Crippen LogP contribution in [0.15, 0.2) is 6.07 Å². The second-order valence-electron chi connectivity index (χ2n) is 5.53. The molecule has 7 heteroatoms. The van der Waals surface area contributed by atoms with E-state index in [1.807, 2.05) is 11.6 Å². The first-order chi connectivity index (χ1) is 10.5. The number of hydrogen-bond donors (Lipinski definition) is 1. The molecule has 7 nitrogen and oxygen atoms in total. The monoisotopic (exact) mass is 309 g/mol. The number of amides is 1. The number of carbonyl (C=O) groups excluding carboxylic acids is 1. The average Bonchev–Trinajstić information content (AvgIpc) is 2.90. The van der Waals surface area contributed by atoms with Gasteiger partial charge in [0.2, 0.25) is 0 Å². The van der Waals surface area contributed by atoms with Crippen LogP contribution in [0.25, 0.3) is 0 Å². The first kappa shape index (κ1) is 16.5. The highest BCUT2D eigenvalue weighted by Gasteiger charge is 2.30. The third kappa shape index (κ3) is 3.30. The van der Waals surface area contributed by atoms with Gasteiger partial charge in [-0.15, -0.1) is 0 Å². The lowest BCUT2D eigenvalue weighted by molar-refractivity contribution is -0.154. The summed E-state index contributed by atoms with van der Waals surface area (Å²) in [4.78, 5) is 25.0. The van der Waals surface area contributed by atoms with Gasteiger partial charge in [0.1, 0.15) is 0 Å². The summed E-state index contributed by atoms with van der Waals surface area (Å²) in [6, 6.07) is 2.05. The van der Waals surface area contributed by atoms with Gasteiger partial charge in [-0.1, -0.05) is 13.8 Å². The van der Waals surface area contributed by atoms with E-state index >= 15 is 0 Å². The van der Waals surface area contributed by atoms with E-state index in [0.29, 0.717) is 12.2 Å². The van der Waals surface area contributed by atoms with Gasteiger partial charge in [-0.3, -0.25) is 9.48 Å². The molecule has 2 heterocycles. The Morgan fingerprint density at radius 1 is 1.45 bits per heavy atom. The van der Waals surface area contributed by atoms with Crippen molar-refractivity contribution in [1.29, 1.82) is 0 Å². The Morgan fingerprint density at radius 2 is 2.14 bits per heavy atom. The molecule has 0 bridgehead atoms. The van der Waals surface area contributed by atoms with Crippen molar-refractivity contribution in [2.45, 2.75) is 45.8 Å². The van der Waals surface area contributed by atoms with Gasteiger partial charge >= 0.3 is 5.97 Å². The molecule has 0 aliphatic carbocycles. The van der Waals surface area contributed by atoms with Crippen LogP contribution in [0.5, 0.6) is 0 Å². The van der Waals surface area contributed by atoms with Gasteiger partial charge in [-0.05, 0) is 25.8 Å². The van der Waals surface area contributed by atoms with Crippen molar-refractivity contribution in [3.05, 3.63) is 17.5 Å². The highest BCUT2D eigenvalue weighted by molar-refractivity contribution is 5.93. The van der Waals surface area contributed by atoms with Gasteiger partial charge in [-0.25, -0.2) is 4.79 Å². The highest BCUT2D eigenvalue weighted by Crippen LogP contribution is 2.19. The Bertz CT molecular complexity index is 551. The number of rotatable bonds is 5. The summed E-state index contributed by atoms with van der Waals surface area (Å²) >= 11 is 0. The van der Waals surface area contributed by atoms with Crippen molar-refractivity contribution in [3.8, 4) is 0 Å². The fraction of sp³-hybridized carbons (Fsp3) is 0.667. The van der Waals surface area contributed by atoms with Crippen molar-refractivity contribution in [2.75, 3.05) is 19.7 Å². The normalized spacial score (nSPS) is 18.7. The van der Waals surface area contributed by atoms with E-state index in [0.717, 1.165) is 18.5 Å². The Balaban J connectivity index is 2.16. The Labute approximate surface area is 129 Å². The Hall–Kier alpha value is -1.89. The second-order valence-corrected chi connectivity index (χ2v) is 5.53. The Kier molecular flexibility index (Phi) is 5.18. The molecule has 1 aromatic heterocycles. The second kappa shape index (κ2) is 6.91. The molecule has 0 radical (unpaired) electrons. The summed E-state index contributed by atoms with van der Waals surface area (Å²) in [5, 5.41) is 13.4. The molecule has 0 spiro atoms. The van der Waals surface area contributed by atoms with Gasteiger partial charge in [0.05, 0.1) is 19.2 Å². The number of ether oxygens (including phenoxy) is 1. The minimum absolute atomic E-state index is 0.0606. The van der Waals surface area contributed by atoms with Crippen molar-refractivity contribution >= 4 is 11.9 Å². The molecule has 1 aliphatic heterocycles. The first-order valence-corrected chi connectivity index (χ1v) is 7.67. The molecule has 1 aliphatic rings. The number of carboxylic acid groups (broad SMARTS) is 1. The minimum atomic E-state index is -1.05. The standard InChI is InChI=1S/C15H23N3O4/c1-4-11(5-2)18-10(3)8-12(16-18)14(19)17-6-7-22-13(9-17)15(20)21/h8,11,13H,4-7,9H2,1-3H3,(H,20,21). The van der Waals surface area contributed by atoms with Crippen LogP contribution < -0.4 is 0 Å². The number of nitrogens with zero attached hydrogens (tertiary/aromatic N) is 3. The summed E-state index contributed by atoms with van der Waals surface area (Å²) in [7, 11) is 0. The van der Waals surface area contributed by atoms with E-state index in [-0.39, 0.29) is 25.1 Å². The summed E-state index contributed by atoms with van der Waals surface area (Å²) in [6.45, 7) is 6.80. The van der Waals surface area contributed by atoms with Gasteiger partial charge in [0.25, 0.3) is 5.91 Å². The van der Waals surface area contributed by atoms with Crippen LogP contribution in [-0.4, -0.2) is 57.5 Å². The molecule has 122 valence electrons. The van der Waals surface area contributed by atoms with Crippen LogP contribution in [0.4, 0.5) is 0 Å². The summed E-state index contributed by atoms with van der Waals surface area (Å²) in [5.74, 6) is -1.28. The summed E-state index contributed by atoms with van der Waals surface area (Å²) < 4.78 is 7.03. The molecule has 1 fully saturated rings. The number of carboxylic acids is 1. The molecule has 1 unspecified atom stereocenters. The number of aliphatic carboxylic acids is 1. The zero-order valence-corrected chi connectivity index (χ0v) is 13.3. The molecule has 2 rings (SSSR count). The average molecular weight is 309 g/mol. The zero-order chi connectivity index (χ0) is 16.3. The molecule has 1 amide bonds. The summed E-state index contributed by atoms with van der Waals surface area (Å²) in [6.07, 6.45) is 0.941. The third-order valence-electron chi connectivity index (χ3n) is 4.06. The van der Waals surface area contributed by atoms with E-state index in [4.69, 9.17) is 9.84 Å². The zero-order valence-electron chi connectivity index (χ0n) is 13.3. The minimum Gasteiger partial charge on any atom is -0.479 e. The Morgan fingerprint density at radius 3 is 2.73 bits per heavy atom. The van der Waals surface area contributed by atoms with Crippen LogP contribution in [0.3, 0.4) is 0 Å². The largest absolute Gasteiger partial charge is 0.479 e. The fourth-order valence-electron chi connectivity index (χ4n) is 2.74. The molecule has 1 N–H and O–H groups in total. The fourth-order valence-corrected chi connectivity index (χ4v) is 2.74. The van der Waals surface area contributed by atoms with Gasteiger partial charge in [-0.2, -0.15) is 5.10 Å². The molecule has 0 saturated carbocycles. The number of carbonyl (C=O) groups is 2. The predicted octanol–water partition coefficient (Wildman–Crippen LogP) is 1.48. The number of morpholine rings is 1. The van der Waals surface area contributed by atoms with Gasteiger partial charge in [0.15, 0.2) is 11.8 Å². The summed E-state index contributed by atoms with van der Waals surface area (Å²) in [5.41, 5.74) is 1.32.